The minimum absolute atomic E-state index is 0. The van der Waals surface area contributed by atoms with E-state index in [2.05, 4.69) is 76.3 Å². The number of ether oxygens (including phenoxy) is 4. The molecule has 0 fully saturated rings. The summed E-state index contributed by atoms with van der Waals surface area (Å²) >= 11 is 0. The Morgan fingerprint density at radius 3 is 0.538 bits per heavy atom. The van der Waals surface area contributed by atoms with Crippen LogP contribution in [-0.4, -0.2) is 114 Å². The molecule has 0 aliphatic carbocycles. The van der Waals surface area contributed by atoms with Gasteiger partial charge in [0.1, 0.15) is 20.2 Å². The molecule has 2 aromatic rings. The van der Waals surface area contributed by atoms with Gasteiger partial charge < -0.3 is 28.1 Å². The summed E-state index contributed by atoms with van der Waals surface area (Å²) in [5.41, 5.74) is -0.682. The van der Waals surface area contributed by atoms with Gasteiger partial charge in [0.25, 0.3) is 0 Å². The van der Waals surface area contributed by atoms with Crippen molar-refractivity contribution < 1.29 is 64.1 Å². The maximum Gasteiger partial charge on any atom is 2.00 e. The number of esters is 4. The smallest absolute Gasteiger partial charge is 0.744 e. The number of benzene rings is 2. The van der Waals surface area contributed by atoms with Gasteiger partial charge in [-0.25, -0.2) is 36.0 Å². The second kappa shape index (κ2) is 84.6. The molecule has 0 aliphatic heterocycles. The van der Waals surface area contributed by atoms with Crippen LogP contribution in [-0.2, 0) is 39.2 Å². The summed E-state index contributed by atoms with van der Waals surface area (Å²) in [5.74, 6) is -3.10. The first-order valence-corrected chi connectivity index (χ1v) is 50.9. The zero-order valence-electron chi connectivity index (χ0n) is 75.2. The van der Waals surface area contributed by atoms with E-state index in [1.807, 2.05) is 0 Å². The van der Waals surface area contributed by atoms with E-state index in [4.69, 9.17) is 18.9 Å². The molecule has 17 heteroatoms. The fourth-order valence-electron chi connectivity index (χ4n) is 14.5. The fourth-order valence-corrected chi connectivity index (χ4v) is 15.5. The van der Waals surface area contributed by atoms with E-state index < -0.39 is 53.9 Å². The summed E-state index contributed by atoms with van der Waals surface area (Å²) < 4.78 is 91.8. The average molecular weight is 1700 g/mol. The number of hydrogen-bond acceptors (Lipinski definition) is 14. The number of hydrogen-bond donors (Lipinski definition) is 0. The molecule has 0 unspecified atom stereocenters. The normalized spacial score (nSPS) is 11.8. The first kappa shape index (κ1) is 113. The van der Waals surface area contributed by atoms with Crippen molar-refractivity contribution in [1.29, 1.82) is 0 Å². The molecule has 117 heavy (non-hydrogen) atoms. The predicted molar refractivity (Wildman–Crippen MR) is 489 cm³/mol. The van der Waals surface area contributed by atoms with Gasteiger partial charge in [0, 0.05) is 0 Å². The van der Waals surface area contributed by atoms with Crippen LogP contribution in [0.15, 0.2) is 94.8 Å². The van der Waals surface area contributed by atoms with E-state index >= 15 is 0 Å². The van der Waals surface area contributed by atoms with E-state index in [0.29, 0.717) is 25.7 Å². The Morgan fingerprint density at radius 1 is 0.231 bits per heavy atom. The van der Waals surface area contributed by atoms with E-state index in [9.17, 15) is 45.1 Å². The van der Waals surface area contributed by atoms with E-state index in [-0.39, 0.29) is 86.4 Å². The maximum atomic E-state index is 13.0. The molecular formula is C100H170CaO14S2. The van der Waals surface area contributed by atoms with Crippen molar-refractivity contribution >= 4 is 81.9 Å². The average Bonchev–Trinajstić information content (AvgIpc) is 0.814. The Morgan fingerprint density at radius 2 is 0.376 bits per heavy atom. The van der Waals surface area contributed by atoms with Crippen LogP contribution in [0.3, 0.4) is 0 Å². The van der Waals surface area contributed by atoms with Crippen LogP contribution in [0.2, 0.25) is 0 Å². The summed E-state index contributed by atoms with van der Waals surface area (Å²) in [6.07, 6.45) is 102. The van der Waals surface area contributed by atoms with E-state index in [1.165, 1.54) is 346 Å². The number of allylic oxidation sites excluding steroid dienone is 8. The minimum atomic E-state index is -4.82. The van der Waals surface area contributed by atoms with Gasteiger partial charge in [-0.1, -0.05) is 385 Å². The van der Waals surface area contributed by atoms with Crippen molar-refractivity contribution in [2.75, 3.05) is 26.4 Å². The molecule has 668 valence electrons. The summed E-state index contributed by atoms with van der Waals surface area (Å²) in [6, 6.07) is 6.28. The molecule has 0 N–H and O–H groups in total. The van der Waals surface area contributed by atoms with Gasteiger partial charge in [0.2, 0.25) is 0 Å². The van der Waals surface area contributed by atoms with Crippen molar-refractivity contribution in [3.63, 3.8) is 0 Å². The molecular weight excluding hydrogens is 1530 g/mol. The minimum Gasteiger partial charge on any atom is -0.744 e. The first-order valence-electron chi connectivity index (χ1n) is 48.1. The van der Waals surface area contributed by atoms with E-state index in [1.54, 1.807) is 0 Å². The summed E-state index contributed by atoms with van der Waals surface area (Å²) in [5, 5.41) is 0. The van der Waals surface area contributed by atoms with Crippen LogP contribution >= 0.6 is 0 Å². The third-order valence-electron chi connectivity index (χ3n) is 22.0. The van der Waals surface area contributed by atoms with Crippen molar-refractivity contribution in [3.8, 4) is 0 Å². The summed E-state index contributed by atoms with van der Waals surface area (Å²) in [7, 11) is -9.64. The van der Waals surface area contributed by atoms with Crippen LogP contribution in [0.4, 0.5) is 0 Å². The summed E-state index contributed by atoms with van der Waals surface area (Å²) in [4.78, 5) is 50.6. The van der Waals surface area contributed by atoms with E-state index in [0.717, 1.165) is 101 Å². The molecule has 2 rings (SSSR count). The summed E-state index contributed by atoms with van der Waals surface area (Å²) in [6.45, 7) is 9.77. The topological polar surface area (TPSA) is 220 Å². The molecule has 0 amide bonds. The van der Waals surface area contributed by atoms with Crippen LogP contribution in [0.5, 0.6) is 0 Å². The molecule has 0 radical (unpaired) electrons. The standard InChI is InChI=1S/2C50H86O7S.Ca/c2*1-3-5-7-9-11-13-15-17-19-21-23-25-27-29-31-33-35-37-39-43-56-49(51)47-42-41-46(58(53,54)55)45-48(47)50(52)57-44-40-38-36-34-32-30-28-26-24-22-20-18-16-14-12-10-8-6-4-2;/h2*19-22,41-42,45H,3-18,23-40,43-44H2,1-2H3,(H,53,54,55);/q;;+2/p-2/b2*21-19+,22-20+;. The molecule has 0 heterocycles. The Hall–Kier alpha value is -3.64. The molecule has 0 spiro atoms. The van der Waals surface area contributed by atoms with Gasteiger partial charge in [-0.15, -0.1) is 0 Å². The van der Waals surface area contributed by atoms with Crippen LogP contribution in [0.25, 0.3) is 0 Å². The largest absolute Gasteiger partial charge is 2.00 e. The Labute approximate surface area is 747 Å². The Bertz CT molecular complexity index is 2810. The first-order chi connectivity index (χ1) is 56.6. The molecule has 0 atom stereocenters. The van der Waals surface area contributed by atoms with Gasteiger partial charge in [-0.2, -0.15) is 0 Å². The molecule has 0 aliphatic rings. The fraction of sp³-hybridized carbons (Fsp3) is 0.760. The quantitative estimate of drug-likeness (QED) is 0.0150. The number of rotatable bonds is 82. The van der Waals surface area contributed by atoms with Crippen molar-refractivity contribution in [2.45, 2.75) is 474 Å². The molecule has 0 saturated carbocycles. The van der Waals surface area contributed by atoms with Crippen LogP contribution in [0, 0.1) is 0 Å². The number of unbranched alkanes of at least 4 members (excludes halogenated alkanes) is 60. The third-order valence-corrected chi connectivity index (χ3v) is 23.7. The number of carbonyl (C=O) groups is 4. The molecule has 0 saturated heterocycles. The maximum absolute atomic E-state index is 13.0. The Balaban J connectivity index is 0.00000228. The van der Waals surface area contributed by atoms with Gasteiger partial charge in [-0.3, -0.25) is 0 Å². The molecule has 0 bridgehead atoms. The second-order valence-electron chi connectivity index (χ2n) is 32.9. The van der Waals surface area contributed by atoms with Gasteiger partial charge in [0.05, 0.1) is 58.5 Å². The van der Waals surface area contributed by atoms with Gasteiger partial charge in [0.15, 0.2) is 0 Å². The van der Waals surface area contributed by atoms with Gasteiger partial charge in [-0.05, 0) is 165 Å². The Kier molecular flexibility index (Phi) is 81.9. The SMILES string of the molecule is CCCCCCCCC/C=C/CCCCCCCCCCOC(=O)c1ccc(S(=O)(=O)[O-])cc1C(=O)OCCCCCCCCCC/C=C/CCCCCCCCC.CCCCCCCCC/C=C/CCCCCCCCCCOC(=O)c1ccc(S(=O)(=O)[O-])cc1C(=O)OCCCCCCCCCC/C=C/CCCCCCCCC.[Ca+2]. The molecule has 0 aromatic heterocycles. The zero-order valence-corrected chi connectivity index (χ0v) is 79.1. The number of carbonyl (C=O) groups excluding carboxylic acids is 4. The van der Waals surface area contributed by atoms with Crippen molar-refractivity contribution in [3.05, 3.63) is 107 Å². The third kappa shape index (κ3) is 71.5. The monoisotopic (exact) mass is 1700 g/mol. The molecule has 2 aromatic carbocycles. The predicted octanol–water partition coefficient (Wildman–Crippen LogP) is 30.3. The van der Waals surface area contributed by atoms with Crippen LogP contribution in [0.1, 0.15) is 506 Å². The van der Waals surface area contributed by atoms with Crippen molar-refractivity contribution in [1.82, 2.24) is 0 Å². The van der Waals surface area contributed by atoms with Gasteiger partial charge >= 0.3 is 61.6 Å². The zero-order chi connectivity index (χ0) is 84.4. The molecule has 14 nitrogen and oxygen atoms in total. The second-order valence-corrected chi connectivity index (χ2v) is 35.6. The van der Waals surface area contributed by atoms with Crippen molar-refractivity contribution in [2.24, 2.45) is 0 Å². The van der Waals surface area contributed by atoms with Crippen LogP contribution < -0.4 is 0 Å².